The molecular formula is C16H24N6O3. The zero-order valence-electron chi connectivity index (χ0n) is 14.8. The quantitative estimate of drug-likeness (QED) is 0.803. The molecule has 0 aliphatic carbocycles. The second kappa shape index (κ2) is 7.75. The molecule has 0 spiro atoms. The van der Waals surface area contributed by atoms with E-state index in [1.165, 1.54) is 0 Å². The zero-order chi connectivity index (χ0) is 17.8. The molecule has 1 aliphatic heterocycles. The van der Waals surface area contributed by atoms with Crippen LogP contribution in [0.5, 0.6) is 0 Å². The third kappa shape index (κ3) is 4.86. The lowest BCUT2D eigenvalue weighted by Crippen LogP contribution is -2.51. The molecule has 9 heteroatoms. The first-order chi connectivity index (χ1) is 12.0. The van der Waals surface area contributed by atoms with Crippen LogP contribution in [0.2, 0.25) is 0 Å². The van der Waals surface area contributed by atoms with Gasteiger partial charge in [0.05, 0.1) is 18.3 Å². The molecule has 2 N–H and O–H groups in total. The fourth-order valence-corrected chi connectivity index (χ4v) is 3.02. The van der Waals surface area contributed by atoms with E-state index in [1.54, 1.807) is 13.0 Å². The van der Waals surface area contributed by atoms with Crippen LogP contribution >= 0.6 is 0 Å². The van der Waals surface area contributed by atoms with Gasteiger partial charge in [-0.15, -0.1) is 0 Å². The van der Waals surface area contributed by atoms with Gasteiger partial charge in [0.15, 0.2) is 5.82 Å². The summed E-state index contributed by atoms with van der Waals surface area (Å²) in [5.74, 6) is 1.51. The first kappa shape index (κ1) is 17.6. The molecule has 1 saturated heterocycles. The number of amides is 1. The van der Waals surface area contributed by atoms with Crippen molar-refractivity contribution in [1.29, 1.82) is 0 Å². The highest BCUT2D eigenvalue weighted by molar-refractivity contribution is 5.93. The molecule has 1 aliphatic rings. The first-order valence-corrected chi connectivity index (χ1v) is 8.51. The molecule has 2 aromatic rings. The Morgan fingerprint density at radius 1 is 1.40 bits per heavy atom. The SMILES string of the molecule is Cc1cc(NC(=O)[C@@H](C)N[C@H]2CCCN(Cc3noc(C)n3)C2)on1. The largest absolute Gasteiger partial charge is 0.340 e. The number of nitrogens with zero attached hydrogens (tertiary/aromatic N) is 4. The van der Waals surface area contributed by atoms with Crippen LogP contribution in [-0.4, -0.2) is 51.3 Å². The van der Waals surface area contributed by atoms with E-state index in [9.17, 15) is 4.79 Å². The van der Waals surface area contributed by atoms with Crippen molar-refractivity contribution in [2.75, 3.05) is 18.4 Å². The van der Waals surface area contributed by atoms with Gasteiger partial charge in [0.25, 0.3) is 0 Å². The molecule has 0 bridgehead atoms. The van der Waals surface area contributed by atoms with Crippen molar-refractivity contribution in [3.05, 3.63) is 23.5 Å². The van der Waals surface area contributed by atoms with Crippen LogP contribution in [0.1, 0.15) is 37.2 Å². The number of likely N-dealkylation sites (tertiary alicyclic amines) is 1. The molecule has 3 heterocycles. The Labute approximate surface area is 146 Å². The smallest absolute Gasteiger partial charge is 0.243 e. The number of carbonyl (C=O) groups excluding carboxylic acids is 1. The van der Waals surface area contributed by atoms with E-state index >= 15 is 0 Å². The Bertz CT molecular complexity index is 712. The van der Waals surface area contributed by atoms with Gasteiger partial charge < -0.3 is 14.4 Å². The second-order valence-corrected chi connectivity index (χ2v) is 6.51. The van der Waals surface area contributed by atoms with Crippen molar-refractivity contribution < 1.29 is 13.8 Å². The van der Waals surface area contributed by atoms with Gasteiger partial charge in [-0.25, -0.2) is 0 Å². The average molecular weight is 348 g/mol. The molecule has 9 nitrogen and oxygen atoms in total. The van der Waals surface area contributed by atoms with Crippen molar-refractivity contribution in [2.45, 2.75) is 52.2 Å². The minimum absolute atomic E-state index is 0.137. The lowest BCUT2D eigenvalue weighted by molar-refractivity contribution is -0.118. The van der Waals surface area contributed by atoms with Crippen molar-refractivity contribution in [1.82, 2.24) is 25.5 Å². The van der Waals surface area contributed by atoms with Crippen LogP contribution in [0.25, 0.3) is 0 Å². The molecule has 0 aromatic carbocycles. The molecule has 1 amide bonds. The van der Waals surface area contributed by atoms with Crippen molar-refractivity contribution in [2.24, 2.45) is 0 Å². The topological polar surface area (TPSA) is 109 Å². The standard InChI is InChI=1S/C16H24N6O3/c1-10-7-15(25-20-10)19-16(23)11(2)17-13-5-4-6-22(8-13)9-14-18-12(3)24-21-14/h7,11,13,17H,4-6,8-9H2,1-3H3,(H,19,23)/t11-,13+/m1/s1. The summed E-state index contributed by atoms with van der Waals surface area (Å²) in [5, 5.41) is 13.8. The van der Waals surface area contributed by atoms with Gasteiger partial charge in [-0.3, -0.25) is 15.0 Å². The predicted molar refractivity (Wildman–Crippen MR) is 89.8 cm³/mol. The summed E-state index contributed by atoms with van der Waals surface area (Å²) < 4.78 is 10.0. The van der Waals surface area contributed by atoms with Gasteiger partial charge in [-0.1, -0.05) is 10.3 Å². The minimum Gasteiger partial charge on any atom is -0.340 e. The van der Waals surface area contributed by atoms with Crippen LogP contribution in [0.15, 0.2) is 15.1 Å². The van der Waals surface area contributed by atoms with Crippen LogP contribution in [0.4, 0.5) is 5.88 Å². The van der Waals surface area contributed by atoms with Crippen molar-refractivity contribution in [3.63, 3.8) is 0 Å². The first-order valence-electron chi connectivity index (χ1n) is 8.51. The van der Waals surface area contributed by atoms with Gasteiger partial charge >= 0.3 is 0 Å². The molecule has 3 rings (SSSR count). The molecule has 136 valence electrons. The van der Waals surface area contributed by atoms with Crippen LogP contribution in [0, 0.1) is 13.8 Å². The maximum Gasteiger partial charge on any atom is 0.243 e. The van der Waals surface area contributed by atoms with E-state index in [2.05, 4.69) is 30.8 Å². The summed E-state index contributed by atoms with van der Waals surface area (Å²) in [4.78, 5) is 18.8. The lowest BCUT2D eigenvalue weighted by atomic mass is 10.0. The van der Waals surface area contributed by atoms with Gasteiger partial charge in [0.1, 0.15) is 0 Å². The Hall–Kier alpha value is -2.26. The van der Waals surface area contributed by atoms with Crippen LogP contribution in [-0.2, 0) is 11.3 Å². The highest BCUT2D eigenvalue weighted by Gasteiger charge is 2.24. The number of nitrogens with one attached hydrogen (secondary N) is 2. The average Bonchev–Trinajstić information content (AvgIpc) is 3.16. The van der Waals surface area contributed by atoms with Gasteiger partial charge in [-0.05, 0) is 33.2 Å². The molecule has 0 radical (unpaired) electrons. The fourth-order valence-electron chi connectivity index (χ4n) is 3.02. The number of carbonyl (C=O) groups is 1. The van der Waals surface area contributed by atoms with Crippen molar-refractivity contribution in [3.8, 4) is 0 Å². The molecule has 2 aromatic heterocycles. The lowest BCUT2D eigenvalue weighted by Gasteiger charge is -2.33. The zero-order valence-corrected chi connectivity index (χ0v) is 14.8. The normalized spacial score (nSPS) is 19.7. The maximum absolute atomic E-state index is 12.3. The Kier molecular flexibility index (Phi) is 5.44. The Morgan fingerprint density at radius 2 is 2.24 bits per heavy atom. The van der Waals surface area contributed by atoms with Crippen molar-refractivity contribution >= 4 is 11.8 Å². The molecule has 25 heavy (non-hydrogen) atoms. The number of piperidine rings is 1. The monoisotopic (exact) mass is 348 g/mol. The summed E-state index contributed by atoms with van der Waals surface area (Å²) in [6.07, 6.45) is 2.09. The third-order valence-electron chi connectivity index (χ3n) is 4.19. The van der Waals surface area contributed by atoms with Gasteiger partial charge in [0.2, 0.25) is 17.7 Å². The van der Waals surface area contributed by atoms with Crippen LogP contribution in [0.3, 0.4) is 0 Å². The second-order valence-electron chi connectivity index (χ2n) is 6.51. The summed E-state index contributed by atoms with van der Waals surface area (Å²) in [7, 11) is 0. The van der Waals surface area contributed by atoms with E-state index in [0.717, 1.165) is 31.6 Å². The molecule has 0 saturated carbocycles. The number of aromatic nitrogens is 3. The number of aryl methyl sites for hydroxylation is 2. The fraction of sp³-hybridized carbons (Fsp3) is 0.625. The van der Waals surface area contributed by atoms with Crippen LogP contribution < -0.4 is 10.6 Å². The Balaban J connectivity index is 1.48. The number of hydrogen-bond acceptors (Lipinski definition) is 8. The number of rotatable bonds is 6. The maximum atomic E-state index is 12.3. The highest BCUT2D eigenvalue weighted by atomic mass is 16.5. The predicted octanol–water partition coefficient (Wildman–Crippen LogP) is 1.26. The number of hydrogen-bond donors (Lipinski definition) is 2. The molecule has 1 fully saturated rings. The van der Waals surface area contributed by atoms with E-state index in [4.69, 9.17) is 9.05 Å². The van der Waals surface area contributed by atoms with E-state index in [-0.39, 0.29) is 18.0 Å². The summed E-state index contributed by atoms with van der Waals surface area (Å²) in [6.45, 7) is 7.93. The Morgan fingerprint density at radius 3 is 2.92 bits per heavy atom. The highest BCUT2D eigenvalue weighted by Crippen LogP contribution is 2.14. The number of anilines is 1. The molecular weight excluding hydrogens is 324 g/mol. The minimum atomic E-state index is -0.331. The van der Waals surface area contributed by atoms with Gasteiger partial charge in [-0.2, -0.15) is 4.98 Å². The summed E-state index contributed by atoms with van der Waals surface area (Å²) in [5.41, 5.74) is 0.732. The third-order valence-corrected chi connectivity index (χ3v) is 4.19. The van der Waals surface area contributed by atoms with E-state index < -0.39 is 0 Å². The summed E-state index contributed by atoms with van der Waals surface area (Å²) in [6, 6.07) is 1.60. The molecule has 0 unspecified atom stereocenters. The molecule has 2 atom stereocenters. The van der Waals surface area contributed by atoms with E-state index in [0.29, 0.717) is 24.1 Å². The van der Waals surface area contributed by atoms with E-state index in [1.807, 2.05) is 13.8 Å². The summed E-state index contributed by atoms with van der Waals surface area (Å²) >= 11 is 0. The van der Waals surface area contributed by atoms with Gasteiger partial charge in [0, 0.05) is 25.6 Å².